The molecule has 0 aliphatic carbocycles. The zero-order valence-electron chi connectivity index (χ0n) is 21.6. The molecule has 5 amide bonds. The van der Waals surface area contributed by atoms with Crippen molar-refractivity contribution in [1.82, 2.24) is 20.9 Å². The summed E-state index contributed by atoms with van der Waals surface area (Å²) in [5.41, 5.74) is 5.27. The summed E-state index contributed by atoms with van der Waals surface area (Å²) in [6, 6.07) is 0. The molecule has 0 bridgehead atoms. The summed E-state index contributed by atoms with van der Waals surface area (Å²) in [5, 5.41) is 7.63. The third kappa shape index (κ3) is 14.4. The first-order valence-electron chi connectivity index (χ1n) is 12.2. The summed E-state index contributed by atoms with van der Waals surface area (Å²) in [6.07, 6.45) is 0.690. The smallest absolute Gasteiger partial charge is 0.242 e. The second-order valence-electron chi connectivity index (χ2n) is 9.12. The highest BCUT2D eigenvalue weighted by Gasteiger charge is 2.40. The fraction of sp³-hybridized carbons (Fsp3) is 0.773. The van der Waals surface area contributed by atoms with E-state index in [-0.39, 0.29) is 91.4 Å². The van der Waals surface area contributed by atoms with Crippen molar-refractivity contribution in [3.8, 4) is 0 Å². The monoisotopic (exact) mass is 529 g/mol. The van der Waals surface area contributed by atoms with Crippen LogP contribution in [-0.2, 0) is 33.4 Å². The van der Waals surface area contributed by atoms with E-state index in [0.717, 1.165) is 0 Å². The van der Waals surface area contributed by atoms with Crippen molar-refractivity contribution in [2.24, 2.45) is 5.73 Å². The maximum absolute atomic E-state index is 12.4. The molecule has 1 aliphatic heterocycles. The van der Waals surface area contributed by atoms with Crippen molar-refractivity contribution in [1.29, 1.82) is 0 Å². The normalized spacial score (nSPS) is 15.8. The molecule has 0 saturated carbocycles. The Balaban J connectivity index is 1.99. The molecule has 0 aromatic heterocycles. The number of imide groups is 1. The molecule has 0 radical (unpaired) electrons. The predicted octanol–water partition coefficient (Wildman–Crippen LogP) is -2.27. The number of amides is 5. The first-order valence-corrected chi connectivity index (χ1v) is 13.1. The molecule has 14 heteroatoms. The minimum absolute atomic E-state index is 0.0512. The lowest BCUT2D eigenvalue weighted by Crippen LogP contribution is -2.36. The summed E-state index contributed by atoms with van der Waals surface area (Å²) in [4.78, 5) is 60.6. The molecule has 12 nitrogen and oxygen atoms in total. The van der Waals surface area contributed by atoms with E-state index < -0.39 is 0 Å². The van der Waals surface area contributed by atoms with Crippen molar-refractivity contribution in [2.45, 2.75) is 49.4 Å². The van der Waals surface area contributed by atoms with Crippen LogP contribution >= 0.6 is 11.8 Å². The molecule has 1 unspecified atom stereocenters. The lowest BCUT2D eigenvalue weighted by atomic mass is 9.91. The van der Waals surface area contributed by atoms with Gasteiger partial charge >= 0.3 is 0 Å². The number of rotatable bonds is 19. The quantitative estimate of drug-likeness (QED) is 0.0819. The van der Waals surface area contributed by atoms with Crippen molar-refractivity contribution in [3.63, 3.8) is 0 Å². The zero-order valence-corrected chi connectivity index (χ0v) is 22.4. The fourth-order valence-electron chi connectivity index (χ4n) is 3.17. The highest BCUT2D eigenvalue weighted by molar-refractivity contribution is 8.03. The molecule has 1 saturated heterocycles. The Hall–Kier alpha value is -2.16. The Morgan fingerprint density at radius 3 is 2.11 bits per heavy atom. The third-order valence-corrected chi connectivity index (χ3v) is 6.18. The first-order chi connectivity index (χ1) is 17.0. The summed E-state index contributed by atoms with van der Waals surface area (Å²) >= 11 is 1.47. The van der Waals surface area contributed by atoms with Gasteiger partial charge in [0.2, 0.25) is 29.5 Å². The second-order valence-corrected chi connectivity index (χ2v) is 11.1. The molecule has 0 spiro atoms. The predicted molar refractivity (Wildman–Crippen MR) is 139 cm³/mol. The van der Waals surface area contributed by atoms with E-state index in [0.29, 0.717) is 32.8 Å². The van der Waals surface area contributed by atoms with Crippen molar-refractivity contribution in [3.05, 3.63) is 0 Å². The van der Waals surface area contributed by atoms with E-state index in [1.54, 1.807) is 0 Å². The van der Waals surface area contributed by atoms with Gasteiger partial charge in [0.15, 0.2) is 0 Å². The standard InChI is InChI=1S/C22H40BN5O7S/c1-22(2,23)36-16-15-20(32)28(21(16)33)10-4-18(30)27-9-12-35-14-13-34-11-5-19(31)26-8-7-25-17(29)3-6-24/h16H,3-15,23-24H2,1-2H3,(H,25,29)(H,26,31)(H,27,30). The van der Waals surface area contributed by atoms with Crippen molar-refractivity contribution < 1.29 is 33.4 Å². The van der Waals surface area contributed by atoms with Crippen LogP contribution < -0.4 is 21.7 Å². The number of nitrogens with two attached hydrogens (primary N) is 1. The number of hydrogen-bond donors (Lipinski definition) is 4. The average molecular weight is 529 g/mol. The minimum Gasteiger partial charge on any atom is -0.379 e. The van der Waals surface area contributed by atoms with Gasteiger partial charge in [-0.15, -0.1) is 0 Å². The SMILES string of the molecule is BC(C)(C)SC1CC(=O)N(CCC(=O)NCCOCCOCCC(=O)NCCNC(=O)CCN)C1=O. The summed E-state index contributed by atoms with van der Waals surface area (Å²) in [5.74, 6) is -1.03. The van der Waals surface area contributed by atoms with Crippen LogP contribution in [0.4, 0.5) is 0 Å². The van der Waals surface area contributed by atoms with E-state index in [1.165, 1.54) is 16.7 Å². The van der Waals surface area contributed by atoms with E-state index >= 15 is 0 Å². The number of nitrogens with zero attached hydrogens (tertiary/aromatic N) is 1. The van der Waals surface area contributed by atoms with Gasteiger partial charge in [0.05, 0.1) is 31.7 Å². The third-order valence-electron chi connectivity index (χ3n) is 4.82. The van der Waals surface area contributed by atoms with Gasteiger partial charge in [0.25, 0.3) is 0 Å². The summed E-state index contributed by atoms with van der Waals surface area (Å²) in [6.45, 7) is 6.50. The Labute approximate surface area is 217 Å². The maximum atomic E-state index is 12.4. The van der Waals surface area contributed by atoms with Crippen molar-refractivity contribution in [2.75, 3.05) is 59.2 Å². The lowest BCUT2D eigenvalue weighted by Gasteiger charge is -2.21. The summed E-state index contributed by atoms with van der Waals surface area (Å²) < 4.78 is 10.6. The van der Waals surface area contributed by atoms with Gasteiger partial charge in [-0.05, 0) is 4.65 Å². The number of ether oxygens (including phenoxy) is 2. The molecule has 1 heterocycles. The molecule has 1 fully saturated rings. The molecule has 1 rings (SSSR count). The molecule has 204 valence electrons. The molecular formula is C22H40BN5O7S. The number of nitrogens with one attached hydrogen (secondary N) is 3. The Morgan fingerprint density at radius 2 is 1.50 bits per heavy atom. The molecule has 1 atom stereocenters. The van der Waals surface area contributed by atoms with Crippen LogP contribution in [0.15, 0.2) is 0 Å². The van der Waals surface area contributed by atoms with E-state index in [9.17, 15) is 24.0 Å². The van der Waals surface area contributed by atoms with Crippen LogP contribution in [0.25, 0.3) is 0 Å². The zero-order chi connectivity index (χ0) is 27.0. The van der Waals surface area contributed by atoms with Gasteiger partial charge in [0.1, 0.15) is 7.85 Å². The van der Waals surface area contributed by atoms with Gasteiger partial charge in [-0.25, -0.2) is 0 Å². The number of hydrogen-bond acceptors (Lipinski definition) is 9. The molecular weight excluding hydrogens is 489 g/mol. The highest BCUT2D eigenvalue weighted by Crippen LogP contribution is 2.32. The van der Waals surface area contributed by atoms with Gasteiger partial charge in [-0.2, -0.15) is 11.8 Å². The van der Waals surface area contributed by atoms with E-state index in [1.807, 2.05) is 21.7 Å². The van der Waals surface area contributed by atoms with Crippen LogP contribution in [0.1, 0.15) is 39.5 Å². The van der Waals surface area contributed by atoms with Gasteiger partial charge < -0.3 is 31.2 Å². The highest BCUT2D eigenvalue weighted by atomic mass is 32.2. The Morgan fingerprint density at radius 1 is 0.944 bits per heavy atom. The number of likely N-dealkylation sites (tertiary alicyclic amines) is 1. The van der Waals surface area contributed by atoms with Crippen LogP contribution in [0.3, 0.4) is 0 Å². The lowest BCUT2D eigenvalue weighted by molar-refractivity contribution is -0.138. The summed E-state index contributed by atoms with van der Waals surface area (Å²) in [7, 11) is 2.00. The number of thioether (sulfide) groups is 1. The Kier molecular flexibility index (Phi) is 15.3. The Bertz CT molecular complexity index is 751. The average Bonchev–Trinajstić information content (AvgIpc) is 3.05. The molecule has 0 aromatic rings. The van der Waals surface area contributed by atoms with E-state index in [2.05, 4.69) is 16.0 Å². The van der Waals surface area contributed by atoms with Gasteiger partial charge in [-0.3, -0.25) is 28.9 Å². The van der Waals surface area contributed by atoms with Crippen LogP contribution in [-0.4, -0.2) is 111 Å². The largest absolute Gasteiger partial charge is 0.379 e. The minimum atomic E-state index is -0.383. The topological polar surface area (TPSA) is 169 Å². The second kappa shape index (κ2) is 17.3. The molecule has 1 aliphatic rings. The first kappa shape index (κ1) is 31.9. The molecule has 0 aromatic carbocycles. The molecule has 5 N–H and O–H groups in total. The van der Waals surface area contributed by atoms with Crippen molar-refractivity contribution >= 4 is 49.1 Å². The van der Waals surface area contributed by atoms with Crippen LogP contribution in [0, 0.1) is 0 Å². The van der Waals surface area contributed by atoms with Crippen LogP contribution in [0.5, 0.6) is 0 Å². The van der Waals surface area contributed by atoms with Gasteiger partial charge in [-0.1, -0.05) is 13.8 Å². The van der Waals surface area contributed by atoms with E-state index in [4.69, 9.17) is 15.2 Å². The maximum Gasteiger partial charge on any atom is 0.242 e. The number of carbonyl (C=O) groups is 5. The fourth-order valence-corrected chi connectivity index (χ4v) is 4.48. The van der Waals surface area contributed by atoms with Crippen LogP contribution in [0.2, 0.25) is 0 Å². The van der Waals surface area contributed by atoms with Gasteiger partial charge in [0, 0.05) is 58.4 Å². The molecule has 36 heavy (non-hydrogen) atoms. The number of carbonyl (C=O) groups excluding carboxylic acids is 5.